The number of amides is 2. The highest BCUT2D eigenvalue weighted by atomic mass is 16.2. The van der Waals surface area contributed by atoms with Crippen molar-refractivity contribution in [2.24, 2.45) is 10.2 Å². The summed E-state index contributed by atoms with van der Waals surface area (Å²) in [7, 11) is 0. The number of carbonyl (C=O) groups excluding carboxylic acids is 2. The minimum absolute atomic E-state index is 0.187. The lowest BCUT2D eigenvalue weighted by atomic mass is 10.1. The van der Waals surface area contributed by atoms with E-state index in [2.05, 4.69) is 20.9 Å². The topological polar surface area (TPSA) is 82.9 Å². The molecule has 27 heavy (non-hydrogen) atoms. The fraction of sp³-hybridized carbons (Fsp3) is 0.0476. The first-order valence-electron chi connectivity index (χ1n) is 8.36. The van der Waals surface area contributed by atoms with Gasteiger partial charge in [-0.2, -0.15) is 10.2 Å². The second-order valence-corrected chi connectivity index (χ2v) is 5.80. The van der Waals surface area contributed by atoms with Gasteiger partial charge >= 0.3 is 0 Å². The van der Waals surface area contributed by atoms with E-state index < -0.39 is 0 Å². The van der Waals surface area contributed by atoms with Gasteiger partial charge in [-0.15, -0.1) is 0 Å². The Morgan fingerprint density at radius 2 is 1.37 bits per heavy atom. The maximum Gasteiger partial charge on any atom is 0.255 e. The Labute approximate surface area is 157 Å². The second kappa shape index (κ2) is 8.53. The largest absolute Gasteiger partial charge is 0.326 e. The minimum atomic E-state index is -0.263. The molecule has 0 unspecified atom stereocenters. The average Bonchev–Trinajstić information content (AvgIpc) is 2.68. The number of benzene rings is 3. The van der Waals surface area contributed by atoms with E-state index in [4.69, 9.17) is 0 Å². The minimum Gasteiger partial charge on any atom is -0.326 e. The van der Waals surface area contributed by atoms with E-state index >= 15 is 0 Å². The van der Waals surface area contributed by atoms with Gasteiger partial charge in [0.05, 0.1) is 11.4 Å². The summed E-state index contributed by atoms with van der Waals surface area (Å²) in [6.45, 7) is 1.42. The Bertz CT molecular complexity index is 967. The third kappa shape index (κ3) is 5.34. The Hall–Kier alpha value is -3.80. The zero-order valence-corrected chi connectivity index (χ0v) is 14.7. The lowest BCUT2D eigenvalue weighted by molar-refractivity contribution is -0.114. The van der Waals surface area contributed by atoms with Crippen LogP contribution in [0.5, 0.6) is 0 Å². The van der Waals surface area contributed by atoms with Crippen LogP contribution in [0.4, 0.5) is 22.7 Å². The Balaban J connectivity index is 1.65. The molecule has 0 bridgehead atoms. The smallest absolute Gasteiger partial charge is 0.255 e. The van der Waals surface area contributed by atoms with Crippen LogP contribution in [0.1, 0.15) is 17.3 Å². The number of hydrogen-bond acceptors (Lipinski definition) is 4. The van der Waals surface area contributed by atoms with E-state index in [1.54, 1.807) is 48.5 Å². The first kappa shape index (κ1) is 18.0. The normalized spacial score (nSPS) is 10.6. The molecule has 6 heteroatoms. The van der Waals surface area contributed by atoms with Crippen molar-refractivity contribution in [1.82, 2.24) is 0 Å². The molecule has 0 atom stereocenters. The van der Waals surface area contributed by atoms with Gasteiger partial charge in [-0.3, -0.25) is 9.59 Å². The van der Waals surface area contributed by atoms with E-state index in [9.17, 15) is 9.59 Å². The Morgan fingerprint density at radius 3 is 2.04 bits per heavy atom. The molecule has 0 saturated heterocycles. The molecule has 6 nitrogen and oxygen atoms in total. The number of nitrogens with zero attached hydrogens (tertiary/aromatic N) is 2. The predicted molar refractivity (Wildman–Crippen MR) is 106 cm³/mol. The predicted octanol–water partition coefficient (Wildman–Crippen LogP) is 5.31. The van der Waals surface area contributed by atoms with E-state index in [1.165, 1.54) is 6.92 Å². The molecule has 2 N–H and O–H groups in total. The fourth-order valence-electron chi connectivity index (χ4n) is 2.37. The molecule has 0 aromatic heterocycles. The van der Waals surface area contributed by atoms with Crippen LogP contribution in [0.3, 0.4) is 0 Å². The van der Waals surface area contributed by atoms with Crippen molar-refractivity contribution in [3.8, 4) is 0 Å². The number of nitrogens with one attached hydrogen (secondary N) is 2. The Morgan fingerprint density at radius 1 is 0.704 bits per heavy atom. The van der Waals surface area contributed by atoms with Gasteiger partial charge in [-0.25, -0.2) is 0 Å². The van der Waals surface area contributed by atoms with Crippen molar-refractivity contribution >= 4 is 34.6 Å². The van der Waals surface area contributed by atoms with Crippen molar-refractivity contribution in [3.05, 3.63) is 84.4 Å². The molecule has 0 radical (unpaired) electrons. The van der Waals surface area contributed by atoms with Crippen LogP contribution in [0.2, 0.25) is 0 Å². The molecule has 0 aliphatic rings. The molecule has 0 aliphatic carbocycles. The molecule has 3 rings (SSSR count). The van der Waals surface area contributed by atoms with Crippen LogP contribution in [-0.2, 0) is 4.79 Å². The highest BCUT2D eigenvalue weighted by molar-refractivity contribution is 6.05. The SMILES string of the molecule is CC(=O)Nc1cccc(C(=O)Nc2ccc(N=Nc3ccccc3)cc2)c1. The molecule has 0 saturated carbocycles. The molecule has 3 aromatic carbocycles. The first-order valence-corrected chi connectivity index (χ1v) is 8.36. The van der Waals surface area contributed by atoms with E-state index in [0.29, 0.717) is 22.6 Å². The molecule has 0 aliphatic heterocycles. The maximum absolute atomic E-state index is 12.4. The molecular weight excluding hydrogens is 340 g/mol. The molecule has 0 fully saturated rings. The van der Waals surface area contributed by atoms with Crippen LogP contribution in [0.25, 0.3) is 0 Å². The van der Waals surface area contributed by atoms with Crippen LogP contribution in [0, 0.1) is 0 Å². The van der Waals surface area contributed by atoms with E-state index in [-0.39, 0.29) is 11.8 Å². The molecule has 3 aromatic rings. The van der Waals surface area contributed by atoms with Gasteiger partial charge in [0, 0.05) is 23.9 Å². The van der Waals surface area contributed by atoms with Crippen molar-refractivity contribution < 1.29 is 9.59 Å². The third-order valence-corrected chi connectivity index (χ3v) is 3.61. The van der Waals surface area contributed by atoms with E-state index in [1.807, 2.05) is 30.3 Å². The summed E-state index contributed by atoms with van der Waals surface area (Å²) in [5, 5.41) is 13.8. The van der Waals surface area contributed by atoms with Crippen LogP contribution >= 0.6 is 0 Å². The van der Waals surface area contributed by atoms with Crippen molar-refractivity contribution in [2.45, 2.75) is 6.92 Å². The standard InChI is InChI=1S/C21H18N4O2/c1-15(26)22-20-9-5-6-16(14-20)21(27)23-17-10-12-19(13-11-17)25-24-18-7-3-2-4-8-18/h2-14H,1H3,(H,22,26)(H,23,27). The van der Waals surface area contributed by atoms with Crippen molar-refractivity contribution in [3.63, 3.8) is 0 Å². The zero-order chi connectivity index (χ0) is 19.1. The van der Waals surface area contributed by atoms with Crippen LogP contribution in [-0.4, -0.2) is 11.8 Å². The van der Waals surface area contributed by atoms with Crippen molar-refractivity contribution in [1.29, 1.82) is 0 Å². The summed E-state index contributed by atoms with van der Waals surface area (Å²) >= 11 is 0. The number of azo groups is 1. The Kier molecular flexibility index (Phi) is 5.69. The van der Waals surface area contributed by atoms with Crippen LogP contribution < -0.4 is 10.6 Å². The molecule has 134 valence electrons. The molecular formula is C21H18N4O2. The second-order valence-electron chi connectivity index (χ2n) is 5.80. The first-order chi connectivity index (χ1) is 13.1. The summed E-state index contributed by atoms with van der Waals surface area (Å²) in [6.07, 6.45) is 0. The average molecular weight is 358 g/mol. The lowest BCUT2D eigenvalue weighted by Crippen LogP contribution is -2.13. The fourth-order valence-corrected chi connectivity index (χ4v) is 2.37. The number of rotatable bonds is 5. The highest BCUT2D eigenvalue weighted by Crippen LogP contribution is 2.20. The summed E-state index contributed by atoms with van der Waals surface area (Å²) in [6, 6.07) is 23.3. The molecule has 0 heterocycles. The molecule has 2 amide bonds. The van der Waals surface area contributed by atoms with Gasteiger partial charge in [0.15, 0.2) is 0 Å². The number of anilines is 2. The van der Waals surface area contributed by atoms with Gasteiger partial charge < -0.3 is 10.6 Å². The number of carbonyl (C=O) groups is 2. The van der Waals surface area contributed by atoms with Gasteiger partial charge in [0.1, 0.15) is 0 Å². The van der Waals surface area contributed by atoms with Gasteiger partial charge in [-0.1, -0.05) is 24.3 Å². The van der Waals surface area contributed by atoms with Crippen molar-refractivity contribution in [2.75, 3.05) is 10.6 Å². The van der Waals surface area contributed by atoms with Crippen LogP contribution in [0.15, 0.2) is 89.1 Å². The zero-order valence-electron chi connectivity index (χ0n) is 14.7. The van der Waals surface area contributed by atoms with E-state index in [0.717, 1.165) is 5.69 Å². The quantitative estimate of drug-likeness (QED) is 0.606. The summed E-state index contributed by atoms with van der Waals surface area (Å²) < 4.78 is 0. The van der Waals surface area contributed by atoms with Gasteiger partial charge in [-0.05, 0) is 54.6 Å². The maximum atomic E-state index is 12.4. The number of hydrogen-bond donors (Lipinski definition) is 2. The highest BCUT2D eigenvalue weighted by Gasteiger charge is 2.07. The third-order valence-electron chi connectivity index (χ3n) is 3.61. The van der Waals surface area contributed by atoms with Gasteiger partial charge in [0.2, 0.25) is 5.91 Å². The lowest BCUT2D eigenvalue weighted by Gasteiger charge is -2.07. The molecule has 0 spiro atoms. The van der Waals surface area contributed by atoms with Gasteiger partial charge in [0.25, 0.3) is 5.91 Å². The summed E-state index contributed by atoms with van der Waals surface area (Å²) in [5.41, 5.74) is 3.13. The monoisotopic (exact) mass is 358 g/mol. The summed E-state index contributed by atoms with van der Waals surface area (Å²) in [4.78, 5) is 23.5. The summed E-state index contributed by atoms with van der Waals surface area (Å²) in [5.74, 6) is -0.450.